The first-order chi connectivity index (χ1) is 33.1. The molecule has 3 aromatic heterocycles. The van der Waals surface area contributed by atoms with Crippen LogP contribution >= 0.6 is 0 Å². The van der Waals surface area contributed by atoms with E-state index in [-0.39, 0.29) is 0 Å². The van der Waals surface area contributed by atoms with Gasteiger partial charge in [0.1, 0.15) is 5.58 Å². The molecule has 0 bridgehead atoms. The molecule has 3 heterocycles. The van der Waals surface area contributed by atoms with Crippen LogP contribution in [0.15, 0.2) is 235 Å². The molecule has 0 amide bonds. The van der Waals surface area contributed by atoms with E-state index in [2.05, 4.69) is 218 Å². The number of rotatable bonds is 9. The van der Waals surface area contributed by atoms with Crippen LogP contribution in [0, 0.1) is 0 Å². The van der Waals surface area contributed by atoms with Crippen LogP contribution in [0.25, 0.3) is 123 Å². The van der Waals surface area contributed by atoms with Gasteiger partial charge in [-0.25, -0.2) is 15.0 Å². The molecule has 0 aliphatic heterocycles. The van der Waals surface area contributed by atoms with Gasteiger partial charge in [-0.15, -0.1) is 0 Å². The van der Waals surface area contributed by atoms with Gasteiger partial charge < -0.3 is 8.98 Å². The van der Waals surface area contributed by atoms with E-state index in [1.807, 2.05) is 24.3 Å². The third-order valence-corrected chi connectivity index (χ3v) is 12.8. The smallest absolute Gasteiger partial charge is 0.164 e. The van der Waals surface area contributed by atoms with Crippen LogP contribution in [-0.4, -0.2) is 19.5 Å². The highest BCUT2D eigenvalue weighted by Gasteiger charge is 2.21. The predicted octanol–water partition coefficient (Wildman–Crippen LogP) is 16.5. The molecule has 0 saturated carbocycles. The number of hydrogen-bond donors (Lipinski definition) is 0. The van der Waals surface area contributed by atoms with E-state index < -0.39 is 0 Å². The van der Waals surface area contributed by atoms with Gasteiger partial charge in [-0.3, -0.25) is 0 Å². The largest absolute Gasteiger partial charge is 0.453 e. The molecule has 12 rings (SSSR count). The number of nitrogens with zero attached hydrogens (tertiary/aromatic N) is 4. The molecule has 0 N–H and O–H groups in total. The van der Waals surface area contributed by atoms with Gasteiger partial charge in [0.25, 0.3) is 0 Å². The second-order valence-corrected chi connectivity index (χ2v) is 16.9. The molecule has 9 aromatic carbocycles. The van der Waals surface area contributed by atoms with Gasteiger partial charge in [0.2, 0.25) is 0 Å². The van der Waals surface area contributed by atoms with Gasteiger partial charge in [-0.2, -0.15) is 0 Å². The molecule has 5 heteroatoms. The van der Waals surface area contributed by atoms with Crippen LogP contribution in [0.5, 0.6) is 0 Å². The maximum Gasteiger partial charge on any atom is 0.164 e. The fourth-order valence-electron chi connectivity index (χ4n) is 9.49. The van der Waals surface area contributed by atoms with E-state index >= 15 is 0 Å². The second-order valence-electron chi connectivity index (χ2n) is 16.9. The molecule has 0 radical (unpaired) electrons. The summed E-state index contributed by atoms with van der Waals surface area (Å²) in [6, 6.07) is 74.4. The molecule has 0 atom stereocenters. The average Bonchev–Trinajstić information content (AvgIpc) is 3.95. The van der Waals surface area contributed by atoms with E-state index in [0.717, 1.165) is 88.7 Å². The quantitative estimate of drug-likeness (QED) is 0.136. The van der Waals surface area contributed by atoms with Crippen molar-refractivity contribution in [2.75, 3.05) is 0 Å². The van der Waals surface area contributed by atoms with Crippen LogP contribution in [0.4, 0.5) is 0 Å². The Morgan fingerprint density at radius 2 is 0.925 bits per heavy atom. The molecule has 0 fully saturated rings. The molecule has 0 aliphatic carbocycles. The van der Waals surface area contributed by atoms with Gasteiger partial charge in [-0.1, -0.05) is 189 Å². The Kier molecular flexibility index (Phi) is 9.80. The highest BCUT2D eigenvalue weighted by atomic mass is 16.3. The fraction of sp³-hybridized carbons (Fsp3) is 0.0161. The van der Waals surface area contributed by atoms with Gasteiger partial charge in [0.15, 0.2) is 23.1 Å². The molecule has 0 aliphatic rings. The van der Waals surface area contributed by atoms with Crippen LogP contribution in [0.1, 0.15) is 12.5 Å². The van der Waals surface area contributed by atoms with E-state index in [1.54, 1.807) is 0 Å². The topological polar surface area (TPSA) is 56.7 Å². The van der Waals surface area contributed by atoms with Gasteiger partial charge >= 0.3 is 0 Å². The molecule has 0 saturated heterocycles. The maximum absolute atomic E-state index is 7.11. The third-order valence-electron chi connectivity index (χ3n) is 12.8. The van der Waals surface area contributed by atoms with Crippen molar-refractivity contribution in [1.82, 2.24) is 19.5 Å². The lowest BCUT2D eigenvalue weighted by Crippen LogP contribution is -2.00. The lowest BCUT2D eigenvalue weighted by Gasteiger charge is -2.11. The van der Waals surface area contributed by atoms with Crippen molar-refractivity contribution >= 4 is 49.3 Å². The lowest BCUT2D eigenvalue weighted by atomic mass is 10.00. The number of para-hydroxylation sites is 3. The van der Waals surface area contributed by atoms with Crippen molar-refractivity contribution in [3.8, 4) is 73.2 Å². The van der Waals surface area contributed by atoms with Crippen molar-refractivity contribution in [1.29, 1.82) is 0 Å². The minimum absolute atomic E-state index is 0.580. The minimum atomic E-state index is 0.580. The van der Waals surface area contributed by atoms with Gasteiger partial charge in [-0.05, 0) is 88.3 Å². The fourth-order valence-corrected chi connectivity index (χ4v) is 9.49. The summed E-state index contributed by atoms with van der Waals surface area (Å²) in [5, 5.41) is 4.50. The molecule has 5 nitrogen and oxygen atoms in total. The normalized spacial score (nSPS) is 11.8. The summed E-state index contributed by atoms with van der Waals surface area (Å²) in [5.41, 5.74) is 16.3. The van der Waals surface area contributed by atoms with Crippen molar-refractivity contribution < 1.29 is 4.42 Å². The Hall–Kier alpha value is -8.93. The Balaban J connectivity index is 0.997. The molecule has 316 valence electrons. The molecule has 67 heavy (non-hydrogen) atoms. The average molecular weight is 859 g/mol. The SMILES string of the molecule is C=CC=C(C)c1cccc(-c2nc(-c3cccc(-c4ccccc4)c3)nc(-c3cccc(-c4cccc5c4oc4c(-n6c7ccccc7c7cc(-c8ccccc8)ccc76)cccc45)c3)n2)c1. The first kappa shape index (κ1) is 39.6. The summed E-state index contributed by atoms with van der Waals surface area (Å²) in [5.74, 6) is 1.77. The third kappa shape index (κ3) is 7.11. The van der Waals surface area contributed by atoms with E-state index in [0.29, 0.717) is 17.5 Å². The van der Waals surface area contributed by atoms with Gasteiger partial charge in [0.05, 0.1) is 16.7 Å². The first-order valence-electron chi connectivity index (χ1n) is 22.5. The summed E-state index contributed by atoms with van der Waals surface area (Å²) in [6.07, 6.45) is 3.82. The Morgan fingerprint density at radius 3 is 1.63 bits per heavy atom. The van der Waals surface area contributed by atoms with Crippen LogP contribution < -0.4 is 0 Å². The Morgan fingerprint density at radius 1 is 0.418 bits per heavy atom. The van der Waals surface area contributed by atoms with Gasteiger partial charge in [0, 0.05) is 43.8 Å². The van der Waals surface area contributed by atoms with Crippen LogP contribution in [0.3, 0.4) is 0 Å². The summed E-state index contributed by atoms with van der Waals surface area (Å²) >= 11 is 0. The molecular weight excluding hydrogens is 817 g/mol. The molecule has 0 spiro atoms. The van der Waals surface area contributed by atoms with Crippen LogP contribution in [-0.2, 0) is 0 Å². The number of furan rings is 1. The van der Waals surface area contributed by atoms with E-state index in [1.165, 1.54) is 21.9 Å². The highest BCUT2D eigenvalue weighted by molar-refractivity contribution is 6.15. The zero-order valence-corrected chi connectivity index (χ0v) is 36.8. The second kappa shape index (κ2) is 16.6. The summed E-state index contributed by atoms with van der Waals surface area (Å²) in [7, 11) is 0. The maximum atomic E-state index is 7.11. The van der Waals surface area contributed by atoms with E-state index in [9.17, 15) is 0 Å². The molecule has 0 unspecified atom stereocenters. The van der Waals surface area contributed by atoms with Crippen molar-refractivity contribution in [3.05, 3.63) is 237 Å². The number of hydrogen-bond acceptors (Lipinski definition) is 4. The number of aromatic nitrogens is 4. The van der Waals surface area contributed by atoms with Crippen LogP contribution in [0.2, 0.25) is 0 Å². The summed E-state index contributed by atoms with van der Waals surface area (Å²) < 4.78 is 9.46. The lowest BCUT2D eigenvalue weighted by molar-refractivity contribution is 0.667. The summed E-state index contributed by atoms with van der Waals surface area (Å²) in [4.78, 5) is 15.5. The monoisotopic (exact) mass is 858 g/mol. The standard InChI is InChI=1S/C62H42N4O/c1-3-17-40(2)43-22-12-25-47(36-43)60-63-61(48-26-13-23-44(37-48)41-18-6-4-7-19-41)65-62(64-60)49-27-14-24-46(38-49)50-29-15-30-52-53-31-16-33-57(59(53)67-58(50)52)66-55-32-11-10-28-51(55)54-39-45(34-35-56(54)66)42-20-8-5-9-21-42/h3-39H,1H2,2H3. The minimum Gasteiger partial charge on any atom is -0.453 e. The Labute approximate surface area is 388 Å². The highest BCUT2D eigenvalue weighted by Crippen LogP contribution is 2.42. The van der Waals surface area contributed by atoms with Crippen molar-refractivity contribution in [2.24, 2.45) is 0 Å². The zero-order valence-electron chi connectivity index (χ0n) is 36.8. The number of allylic oxidation sites excluding steroid dienone is 3. The number of benzene rings is 9. The van der Waals surface area contributed by atoms with Crippen molar-refractivity contribution in [3.63, 3.8) is 0 Å². The van der Waals surface area contributed by atoms with E-state index in [4.69, 9.17) is 19.4 Å². The Bertz CT molecular complexity index is 3900. The molecular formula is C62H42N4O. The molecule has 12 aromatic rings. The number of fused-ring (bicyclic) bond motifs is 6. The zero-order chi connectivity index (χ0) is 44.8. The summed E-state index contributed by atoms with van der Waals surface area (Å²) in [6.45, 7) is 6.00. The predicted molar refractivity (Wildman–Crippen MR) is 278 cm³/mol. The first-order valence-corrected chi connectivity index (χ1v) is 22.5. The van der Waals surface area contributed by atoms with Crippen molar-refractivity contribution in [2.45, 2.75) is 6.92 Å².